The van der Waals surface area contributed by atoms with Gasteiger partial charge < -0.3 is 20.1 Å². The highest BCUT2D eigenvalue weighted by Crippen LogP contribution is 2.23. The molecule has 5 heteroatoms. The largest absolute Gasteiger partial charge is 0.444 e. The second-order valence-electron chi connectivity index (χ2n) is 7.56. The third-order valence-corrected chi connectivity index (χ3v) is 4.38. The van der Waals surface area contributed by atoms with Crippen LogP contribution in [0.2, 0.25) is 0 Å². The maximum Gasteiger partial charge on any atom is 0.410 e. The van der Waals surface area contributed by atoms with E-state index < -0.39 is 5.60 Å². The van der Waals surface area contributed by atoms with E-state index in [9.17, 15) is 9.90 Å². The number of hydrogen-bond donors (Lipinski definition) is 2. The van der Waals surface area contributed by atoms with E-state index in [0.717, 1.165) is 6.42 Å². The lowest BCUT2D eigenvalue weighted by atomic mass is 9.91. The topological polar surface area (TPSA) is 61.8 Å². The molecule has 1 aromatic rings. The number of aliphatic hydroxyl groups excluding tert-OH is 1. The molecule has 0 bridgehead atoms. The highest BCUT2D eigenvalue weighted by Gasteiger charge is 2.33. The Kier molecular flexibility index (Phi) is 6.24. The molecule has 0 aliphatic carbocycles. The van der Waals surface area contributed by atoms with Gasteiger partial charge in [0.25, 0.3) is 0 Å². The predicted molar refractivity (Wildman–Crippen MR) is 94.8 cm³/mol. The molecule has 5 nitrogen and oxygen atoms in total. The molecule has 1 heterocycles. The molecule has 3 atom stereocenters. The summed E-state index contributed by atoms with van der Waals surface area (Å²) >= 11 is 0. The first-order valence-electron chi connectivity index (χ1n) is 8.70. The fraction of sp³-hybridized carbons (Fsp3) is 0.632. The summed E-state index contributed by atoms with van der Waals surface area (Å²) in [6.07, 6.45) is 0.511. The second kappa shape index (κ2) is 7.99. The van der Waals surface area contributed by atoms with E-state index in [-0.39, 0.29) is 30.7 Å². The van der Waals surface area contributed by atoms with E-state index >= 15 is 0 Å². The lowest BCUT2D eigenvalue weighted by molar-refractivity contribution is 0.00775. The van der Waals surface area contributed by atoms with Crippen LogP contribution in [0, 0.1) is 5.92 Å². The average molecular weight is 334 g/mol. The first kappa shape index (κ1) is 18.7. The second-order valence-corrected chi connectivity index (χ2v) is 7.56. The molecular formula is C19H30N2O3. The van der Waals surface area contributed by atoms with Crippen molar-refractivity contribution in [1.29, 1.82) is 0 Å². The zero-order valence-corrected chi connectivity index (χ0v) is 15.2. The highest BCUT2D eigenvalue weighted by molar-refractivity contribution is 5.68. The van der Waals surface area contributed by atoms with E-state index in [1.165, 1.54) is 5.56 Å². The van der Waals surface area contributed by atoms with Gasteiger partial charge in [0.2, 0.25) is 0 Å². The molecule has 0 aromatic heterocycles. The van der Waals surface area contributed by atoms with Crippen LogP contribution < -0.4 is 5.32 Å². The molecule has 134 valence electrons. The molecule has 1 aliphatic rings. The van der Waals surface area contributed by atoms with Crippen molar-refractivity contribution in [2.24, 2.45) is 5.92 Å². The summed E-state index contributed by atoms with van der Waals surface area (Å²) in [5, 5.41) is 13.4. The lowest BCUT2D eigenvalue weighted by Crippen LogP contribution is -2.53. The van der Waals surface area contributed by atoms with E-state index in [1.807, 2.05) is 39.0 Å². The zero-order valence-electron chi connectivity index (χ0n) is 15.2. The van der Waals surface area contributed by atoms with Gasteiger partial charge in [-0.25, -0.2) is 4.79 Å². The van der Waals surface area contributed by atoms with Crippen LogP contribution in [0.15, 0.2) is 30.3 Å². The fourth-order valence-corrected chi connectivity index (χ4v) is 3.09. The van der Waals surface area contributed by atoms with Gasteiger partial charge >= 0.3 is 6.09 Å². The molecule has 0 spiro atoms. The first-order chi connectivity index (χ1) is 11.3. The van der Waals surface area contributed by atoms with Gasteiger partial charge in [0, 0.05) is 37.7 Å². The number of amides is 1. The predicted octanol–water partition coefficient (Wildman–Crippen LogP) is 2.96. The van der Waals surface area contributed by atoms with Crippen molar-refractivity contribution >= 4 is 6.09 Å². The maximum absolute atomic E-state index is 12.2. The van der Waals surface area contributed by atoms with Crippen LogP contribution in [0.1, 0.15) is 45.7 Å². The molecule has 0 saturated carbocycles. The molecule has 1 fully saturated rings. The summed E-state index contributed by atoms with van der Waals surface area (Å²) in [4.78, 5) is 13.9. The summed E-state index contributed by atoms with van der Waals surface area (Å²) in [6, 6.07) is 10.7. The number of nitrogens with zero attached hydrogens (tertiary/aromatic N) is 1. The van der Waals surface area contributed by atoms with Crippen LogP contribution >= 0.6 is 0 Å². The van der Waals surface area contributed by atoms with Gasteiger partial charge in [-0.1, -0.05) is 30.3 Å². The number of carbonyl (C=O) groups is 1. The number of hydrogen-bond acceptors (Lipinski definition) is 4. The standard InChI is InChI=1S/C19H30N2O3/c1-14(15-8-6-5-7-9-15)20-17-10-11-21(12-16(17)13-22)18(23)24-19(2,3)4/h5-9,14,16-17,20,22H,10-13H2,1-4H3/t14-,16-,17-/m1/s1. The zero-order chi connectivity index (χ0) is 17.7. The fourth-order valence-electron chi connectivity index (χ4n) is 3.09. The summed E-state index contributed by atoms with van der Waals surface area (Å²) < 4.78 is 5.44. The first-order valence-corrected chi connectivity index (χ1v) is 8.70. The van der Waals surface area contributed by atoms with Gasteiger partial charge in [-0.3, -0.25) is 0 Å². The summed E-state index contributed by atoms with van der Waals surface area (Å²) in [6.45, 7) is 8.94. The number of rotatable bonds is 4. The molecule has 24 heavy (non-hydrogen) atoms. The molecule has 0 unspecified atom stereocenters. The molecule has 0 radical (unpaired) electrons. The Bertz CT molecular complexity index is 527. The number of carbonyl (C=O) groups excluding carboxylic acids is 1. The van der Waals surface area contributed by atoms with Crippen molar-refractivity contribution in [2.75, 3.05) is 19.7 Å². The van der Waals surface area contributed by atoms with Gasteiger partial charge in [-0.2, -0.15) is 0 Å². The minimum absolute atomic E-state index is 0.0115. The quantitative estimate of drug-likeness (QED) is 0.889. The number of ether oxygens (including phenoxy) is 1. The molecule has 1 amide bonds. The van der Waals surface area contributed by atoms with E-state index in [4.69, 9.17) is 4.74 Å². The highest BCUT2D eigenvalue weighted by atomic mass is 16.6. The summed E-state index contributed by atoms with van der Waals surface area (Å²) in [5.41, 5.74) is 0.728. The van der Waals surface area contributed by atoms with Crippen molar-refractivity contribution in [1.82, 2.24) is 10.2 Å². The smallest absolute Gasteiger partial charge is 0.410 e. The van der Waals surface area contributed by atoms with Crippen molar-refractivity contribution in [3.63, 3.8) is 0 Å². The number of benzene rings is 1. The minimum atomic E-state index is -0.497. The van der Waals surface area contributed by atoms with Crippen LogP contribution in [0.25, 0.3) is 0 Å². The SMILES string of the molecule is C[C@@H](N[C@@H]1CCN(C(=O)OC(C)(C)C)C[C@@H]1CO)c1ccccc1. The maximum atomic E-state index is 12.2. The van der Waals surface area contributed by atoms with Crippen LogP contribution in [-0.2, 0) is 4.74 Å². The van der Waals surface area contributed by atoms with Crippen LogP contribution in [0.5, 0.6) is 0 Å². The molecular weight excluding hydrogens is 304 g/mol. The van der Waals surface area contributed by atoms with E-state index in [0.29, 0.717) is 13.1 Å². The Morgan fingerprint density at radius 3 is 2.62 bits per heavy atom. The summed E-state index contributed by atoms with van der Waals surface area (Å²) in [7, 11) is 0. The van der Waals surface area contributed by atoms with E-state index in [2.05, 4.69) is 24.4 Å². The van der Waals surface area contributed by atoms with Crippen molar-refractivity contribution in [3.8, 4) is 0 Å². The molecule has 1 aliphatic heterocycles. The molecule has 2 rings (SSSR count). The van der Waals surface area contributed by atoms with Gasteiger partial charge in [0.1, 0.15) is 5.60 Å². The van der Waals surface area contributed by atoms with Crippen molar-refractivity contribution in [2.45, 2.75) is 51.8 Å². The van der Waals surface area contributed by atoms with Crippen LogP contribution in [0.4, 0.5) is 4.79 Å². The Hall–Kier alpha value is -1.59. The van der Waals surface area contributed by atoms with Crippen LogP contribution in [0.3, 0.4) is 0 Å². The normalized spacial score (nSPS) is 23.0. The minimum Gasteiger partial charge on any atom is -0.444 e. The third kappa shape index (κ3) is 5.21. The Labute approximate surface area is 145 Å². The Morgan fingerprint density at radius 2 is 2.04 bits per heavy atom. The number of piperidine rings is 1. The van der Waals surface area contributed by atoms with Gasteiger partial charge in [0.15, 0.2) is 0 Å². The lowest BCUT2D eigenvalue weighted by Gasteiger charge is -2.39. The Morgan fingerprint density at radius 1 is 1.38 bits per heavy atom. The van der Waals surface area contributed by atoms with E-state index in [1.54, 1.807) is 4.90 Å². The third-order valence-electron chi connectivity index (χ3n) is 4.38. The van der Waals surface area contributed by atoms with Gasteiger partial charge in [-0.15, -0.1) is 0 Å². The Balaban J connectivity index is 1.94. The number of aliphatic hydroxyl groups is 1. The van der Waals surface area contributed by atoms with Crippen LogP contribution in [-0.4, -0.2) is 47.4 Å². The van der Waals surface area contributed by atoms with Gasteiger partial charge in [-0.05, 0) is 39.7 Å². The van der Waals surface area contributed by atoms with Crippen molar-refractivity contribution in [3.05, 3.63) is 35.9 Å². The van der Waals surface area contributed by atoms with Gasteiger partial charge in [0.05, 0.1) is 0 Å². The van der Waals surface area contributed by atoms with Crippen molar-refractivity contribution < 1.29 is 14.6 Å². The molecule has 1 saturated heterocycles. The summed E-state index contributed by atoms with van der Waals surface area (Å²) in [5.74, 6) is 0.0115. The average Bonchev–Trinajstić information content (AvgIpc) is 2.54. The molecule has 1 aromatic carbocycles. The number of likely N-dealkylation sites (tertiary alicyclic amines) is 1. The number of nitrogens with one attached hydrogen (secondary N) is 1. The molecule has 2 N–H and O–H groups in total. The monoisotopic (exact) mass is 334 g/mol.